The van der Waals surface area contributed by atoms with Crippen molar-refractivity contribution in [1.82, 2.24) is 10.6 Å². The molecule has 0 spiro atoms. The van der Waals surface area contributed by atoms with Crippen molar-refractivity contribution in [3.63, 3.8) is 0 Å². The summed E-state index contributed by atoms with van der Waals surface area (Å²) in [6.45, 7) is 0.951. The second-order valence-electron chi connectivity index (χ2n) is 4.71. The molecule has 120 valence electrons. The summed E-state index contributed by atoms with van der Waals surface area (Å²) in [5.41, 5.74) is 0.336. The first kappa shape index (κ1) is 17.4. The fraction of sp³-hybridized carbons (Fsp3) is 0.429. The molecule has 0 unspecified atom stereocenters. The molecule has 3 N–H and O–H groups in total. The summed E-state index contributed by atoms with van der Waals surface area (Å²) in [6, 6.07) is 5.44. The molecule has 0 aliphatic carbocycles. The van der Waals surface area contributed by atoms with Crippen molar-refractivity contribution in [2.24, 2.45) is 0 Å². The van der Waals surface area contributed by atoms with Crippen LogP contribution < -0.4 is 10.6 Å². The molecule has 0 heterocycles. The number of amides is 2. The maximum atomic E-state index is 11.8. The van der Waals surface area contributed by atoms with Crippen molar-refractivity contribution in [2.75, 3.05) is 13.1 Å². The average Bonchev–Trinajstić information content (AvgIpc) is 2.49. The van der Waals surface area contributed by atoms with Crippen LogP contribution in [0.3, 0.4) is 0 Å². The second-order valence-corrected chi connectivity index (χ2v) is 4.71. The fourth-order valence-electron chi connectivity index (χ4n) is 1.84. The van der Waals surface area contributed by atoms with Gasteiger partial charge in [-0.1, -0.05) is 12.8 Å². The smallest absolute Gasteiger partial charge is 0.404 e. The lowest BCUT2D eigenvalue weighted by atomic mass is 10.1. The minimum atomic E-state index is -1.02. The van der Waals surface area contributed by atoms with Gasteiger partial charge in [0.15, 0.2) is 0 Å². The van der Waals surface area contributed by atoms with E-state index in [-0.39, 0.29) is 11.6 Å². The molecule has 2 amide bonds. The van der Waals surface area contributed by atoms with Gasteiger partial charge in [0.2, 0.25) is 0 Å². The fourth-order valence-corrected chi connectivity index (χ4v) is 1.84. The highest BCUT2D eigenvalue weighted by Crippen LogP contribution is 2.11. The molecule has 0 aromatic heterocycles. The Morgan fingerprint density at radius 2 is 1.55 bits per heavy atom. The Hall–Kier alpha value is -2.64. The van der Waals surface area contributed by atoms with Gasteiger partial charge in [0.1, 0.15) is 0 Å². The lowest BCUT2D eigenvalue weighted by Crippen LogP contribution is -2.24. The standard InChI is InChI=1S/C14H19N3O5/c18-13(11-5-7-12(8-6-11)17(21)22)15-9-3-1-2-4-10-16-14(19)20/h5-8,16H,1-4,9-10H2,(H,15,18)(H,19,20). The van der Waals surface area contributed by atoms with Gasteiger partial charge in [-0.25, -0.2) is 4.79 Å². The number of carbonyl (C=O) groups excluding carboxylic acids is 1. The lowest BCUT2D eigenvalue weighted by molar-refractivity contribution is -0.384. The van der Waals surface area contributed by atoms with Crippen LogP contribution in [0.1, 0.15) is 36.0 Å². The van der Waals surface area contributed by atoms with E-state index in [0.29, 0.717) is 18.7 Å². The van der Waals surface area contributed by atoms with Gasteiger partial charge in [-0.15, -0.1) is 0 Å². The van der Waals surface area contributed by atoms with E-state index in [1.54, 1.807) is 0 Å². The first-order valence-electron chi connectivity index (χ1n) is 7.00. The van der Waals surface area contributed by atoms with Gasteiger partial charge < -0.3 is 15.7 Å². The van der Waals surface area contributed by atoms with E-state index in [2.05, 4.69) is 10.6 Å². The highest BCUT2D eigenvalue weighted by molar-refractivity contribution is 5.94. The number of unbranched alkanes of at least 4 members (excludes halogenated alkanes) is 3. The predicted molar refractivity (Wildman–Crippen MR) is 79.9 cm³/mol. The van der Waals surface area contributed by atoms with E-state index in [9.17, 15) is 19.7 Å². The molecule has 8 heteroatoms. The molecule has 0 saturated heterocycles. The van der Waals surface area contributed by atoms with Crippen LogP contribution >= 0.6 is 0 Å². The van der Waals surface area contributed by atoms with Crippen LogP contribution in [0.25, 0.3) is 0 Å². The summed E-state index contributed by atoms with van der Waals surface area (Å²) in [6.07, 6.45) is 2.32. The van der Waals surface area contributed by atoms with E-state index in [0.717, 1.165) is 25.7 Å². The summed E-state index contributed by atoms with van der Waals surface area (Å²) in [7, 11) is 0. The van der Waals surface area contributed by atoms with Crippen molar-refractivity contribution in [3.8, 4) is 0 Å². The zero-order valence-corrected chi connectivity index (χ0v) is 12.1. The number of nitro benzene ring substituents is 1. The molecule has 1 rings (SSSR count). The van der Waals surface area contributed by atoms with Crippen molar-refractivity contribution in [1.29, 1.82) is 0 Å². The predicted octanol–water partition coefficient (Wildman–Crippen LogP) is 2.15. The van der Waals surface area contributed by atoms with Gasteiger partial charge in [-0.2, -0.15) is 0 Å². The van der Waals surface area contributed by atoms with Gasteiger partial charge in [-0.05, 0) is 25.0 Å². The zero-order valence-electron chi connectivity index (χ0n) is 12.1. The van der Waals surface area contributed by atoms with Crippen LogP contribution in [0.2, 0.25) is 0 Å². The Morgan fingerprint density at radius 3 is 2.05 bits per heavy atom. The molecule has 0 aliphatic rings. The number of nitrogens with zero attached hydrogens (tertiary/aromatic N) is 1. The first-order chi connectivity index (χ1) is 10.5. The monoisotopic (exact) mass is 309 g/mol. The molecule has 22 heavy (non-hydrogen) atoms. The van der Waals surface area contributed by atoms with Crippen molar-refractivity contribution >= 4 is 17.7 Å². The molecular weight excluding hydrogens is 290 g/mol. The van der Waals surface area contributed by atoms with E-state index in [4.69, 9.17) is 5.11 Å². The van der Waals surface area contributed by atoms with Crippen LogP contribution in [-0.2, 0) is 0 Å². The third kappa shape index (κ3) is 6.69. The highest BCUT2D eigenvalue weighted by atomic mass is 16.6. The first-order valence-corrected chi connectivity index (χ1v) is 7.00. The summed E-state index contributed by atoms with van der Waals surface area (Å²) < 4.78 is 0. The Balaban J connectivity index is 2.15. The topological polar surface area (TPSA) is 122 Å². The normalized spacial score (nSPS) is 10.0. The maximum Gasteiger partial charge on any atom is 0.404 e. The number of carboxylic acid groups (broad SMARTS) is 1. The van der Waals surface area contributed by atoms with Crippen LogP contribution in [-0.4, -0.2) is 35.1 Å². The highest BCUT2D eigenvalue weighted by Gasteiger charge is 2.08. The Kier molecular flexibility index (Phi) is 7.38. The molecule has 8 nitrogen and oxygen atoms in total. The third-order valence-corrected chi connectivity index (χ3v) is 3.01. The SMILES string of the molecule is O=C(O)NCCCCCCNC(=O)c1ccc([N+](=O)[O-])cc1. The Morgan fingerprint density at radius 1 is 1.00 bits per heavy atom. The van der Waals surface area contributed by atoms with Crippen molar-refractivity contribution in [2.45, 2.75) is 25.7 Å². The third-order valence-electron chi connectivity index (χ3n) is 3.01. The maximum absolute atomic E-state index is 11.8. The Bertz CT molecular complexity index is 516. The lowest BCUT2D eigenvalue weighted by Gasteiger charge is -2.05. The summed E-state index contributed by atoms with van der Waals surface area (Å²) in [5.74, 6) is -0.262. The van der Waals surface area contributed by atoms with Gasteiger partial charge in [0.05, 0.1) is 4.92 Å². The number of carbonyl (C=O) groups is 2. The molecule has 1 aromatic carbocycles. The average molecular weight is 309 g/mol. The number of hydrogen-bond donors (Lipinski definition) is 3. The molecule has 0 atom stereocenters. The van der Waals surface area contributed by atoms with E-state index < -0.39 is 11.0 Å². The molecule has 0 bridgehead atoms. The number of nitro groups is 1. The molecule has 1 aromatic rings. The largest absolute Gasteiger partial charge is 0.465 e. The van der Waals surface area contributed by atoms with Gasteiger partial charge in [0.25, 0.3) is 11.6 Å². The van der Waals surface area contributed by atoms with Crippen LogP contribution in [0.4, 0.5) is 10.5 Å². The second kappa shape index (κ2) is 9.32. The molecule has 0 aliphatic heterocycles. The van der Waals surface area contributed by atoms with E-state index in [1.165, 1.54) is 24.3 Å². The minimum absolute atomic E-state index is 0.0495. The summed E-state index contributed by atoms with van der Waals surface area (Å²) >= 11 is 0. The summed E-state index contributed by atoms with van der Waals surface area (Å²) in [4.78, 5) is 32.0. The van der Waals surface area contributed by atoms with Crippen molar-refractivity contribution in [3.05, 3.63) is 39.9 Å². The zero-order chi connectivity index (χ0) is 16.4. The van der Waals surface area contributed by atoms with Crippen LogP contribution in [0, 0.1) is 10.1 Å². The molecule has 0 radical (unpaired) electrons. The van der Waals surface area contributed by atoms with E-state index in [1.807, 2.05) is 0 Å². The van der Waals surface area contributed by atoms with Crippen LogP contribution in [0.15, 0.2) is 24.3 Å². The van der Waals surface area contributed by atoms with Gasteiger partial charge in [0, 0.05) is 30.8 Å². The van der Waals surface area contributed by atoms with E-state index >= 15 is 0 Å². The Labute approximate surface area is 127 Å². The number of nitrogens with one attached hydrogen (secondary N) is 2. The number of benzene rings is 1. The van der Waals surface area contributed by atoms with Gasteiger partial charge >= 0.3 is 6.09 Å². The minimum Gasteiger partial charge on any atom is -0.465 e. The molecule has 0 saturated carbocycles. The quantitative estimate of drug-likeness (QED) is 0.366. The number of rotatable bonds is 9. The van der Waals surface area contributed by atoms with Gasteiger partial charge in [-0.3, -0.25) is 14.9 Å². The van der Waals surface area contributed by atoms with Crippen LogP contribution in [0.5, 0.6) is 0 Å². The number of hydrogen-bond acceptors (Lipinski definition) is 4. The molecular formula is C14H19N3O5. The number of non-ortho nitro benzene ring substituents is 1. The summed E-state index contributed by atoms with van der Waals surface area (Å²) in [5, 5.41) is 23.9. The van der Waals surface area contributed by atoms with Crippen molar-refractivity contribution < 1.29 is 19.6 Å². The molecule has 0 fully saturated rings.